The molecule has 1 aliphatic heterocycles. The fraction of sp³-hybridized carbons (Fsp3) is 0.321. The SMILES string of the molecule is CCCN(CCC)c1ccc2c(c1)N(C)C(c1ccc3nc(-c4ccc(C)cc4)[nH]c3c1)N2. The van der Waals surface area contributed by atoms with Gasteiger partial charge in [0.25, 0.3) is 0 Å². The monoisotopic (exact) mass is 439 g/mol. The van der Waals surface area contributed by atoms with Crippen LogP contribution < -0.4 is 15.1 Å². The second kappa shape index (κ2) is 8.81. The van der Waals surface area contributed by atoms with Gasteiger partial charge in [0.2, 0.25) is 0 Å². The Balaban J connectivity index is 1.42. The van der Waals surface area contributed by atoms with Crippen LogP contribution in [-0.2, 0) is 0 Å². The highest BCUT2D eigenvalue weighted by Gasteiger charge is 2.28. The molecule has 170 valence electrons. The molecule has 0 bridgehead atoms. The third-order valence-electron chi connectivity index (χ3n) is 6.54. The Hall–Kier alpha value is -3.47. The Morgan fingerprint density at radius 2 is 1.70 bits per heavy atom. The van der Waals surface area contributed by atoms with Crippen molar-refractivity contribution in [2.24, 2.45) is 0 Å². The van der Waals surface area contributed by atoms with Crippen molar-refractivity contribution >= 4 is 28.1 Å². The molecule has 0 radical (unpaired) electrons. The van der Waals surface area contributed by atoms with E-state index in [1.54, 1.807) is 0 Å². The van der Waals surface area contributed by atoms with Crippen LogP contribution in [-0.4, -0.2) is 30.1 Å². The Bertz CT molecular complexity index is 1250. The van der Waals surface area contributed by atoms with Gasteiger partial charge in [-0.05, 0) is 55.7 Å². The number of fused-ring (bicyclic) bond motifs is 2. The lowest BCUT2D eigenvalue weighted by Crippen LogP contribution is -2.25. The van der Waals surface area contributed by atoms with E-state index in [1.165, 1.54) is 28.2 Å². The Morgan fingerprint density at radius 1 is 0.939 bits per heavy atom. The van der Waals surface area contributed by atoms with Crippen LogP contribution in [0.2, 0.25) is 0 Å². The minimum atomic E-state index is 0.0941. The summed E-state index contributed by atoms with van der Waals surface area (Å²) in [5.41, 5.74) is 9.38. The molecule has 1 aromatic heterocycles. The molecule has 33 heavy (non-hydrogen) atoms. The molecule has 2 N–H and O–H groups in total. The number of nitrogens with one attached hydrogen (secondary N) is 2. The molecule has 5 nitrogen and oxygen atoms in total. The van der Waals surface area contributed by atoms with Gasteiger partial charge < -0.3 is 20.1 Å². The molecule has 1 atom stereocenters. The van der Waals surface area contributed by atoms with Crippen LogP contribution in [0.25, 0.3) is 22.4 Å². The Morgan fingerprint density at radius 3 is 2.42 bits per heavy atom. The number of aryl methyl sites for hydroxylation is 1. The molecule has 1 unspecified atom stereocenters. The highest BCUT2D eigenvalue weighted by Crippen LogP contribution is 2.42. The number of hydrogen-bond acceptors (Lipinski definition) is 4. The van der Waals surface area contributed by atoms with Crippen molar-refractivity contribution < 1.29 is 0 Å². The molecule has 0 fully saturated rings. The molecule has 3 aromatic carbocycles. The van der Waals surface area contributed by atoms with Crippen LogP contribution in [0, 0.1) is 6.92 Å². The van der Waals surface area contributed by atoms with Crippen LogP contribution in [0.3, 0.4) is 0 Å². The number of aromatic nitrogens is 2. The van der Waals surface area contributed by atoms with Gasteiger partial charge in [-0.2, -0.15) is 0 Å². The van der Waals surface area contributed by atoms with Crippen molar-refractivity contribution in [2.75, 3.05) is 35.3 Å². The molecular formula is C28H33N5. The molecule has 0 aliphatic carbocycles. The summed E-state index contributed by atoms with van der Waals surface area (Å²) in [7, 11) is 2.17. The third kappa shape index (κ3) is 4.04. The summed E-state index contributed by atoms with van der Waals surface area (Å²) in [6.45, 7) is 8.77. The van der Waals surface area contributed by atoms with E-state index in [2.05, 4.69) is 109 Å². The standard InChI is InChI=1S/C28H33N5/c1-5-15-33(16-6-2)22-12-14-24-26(18-22)32(4)28(31-24)21-11-13-23-25(17-21)30-27(29-23)20-9-7-19(3)8-10-20/h7-14,17-18,28,31H,5-6,15-16H2,1-4H3,(H,29,30). The summed E-state index contributed by atoms with van der Waals surface area (Å²) in [6, 6.07) is 21.8. The molecule has 0 saturated carbocycles. The molecule has 0 amide bonds. The summed E-state index contributed by atoms with van der Waals surface area (Å²) < 4.78 is 0. The number of imidazole rings is 1. The third-order valence-corrected chi connectivity index (χ3v) is 6.54. The number of hydrogen-bond donors (Lipinski definition) is 2. The van der Waals surface area contributed by atoms with E-state index in [0.29, 0.717) is 0 Å². The van der Waals surface area contributed by atoms with Crippen LogP contribution >= 0.6 is 0 Å². The van der Waals surface area contributed by atoms with Crippen molar-refractivity contribution in [2.45, 2.75) is 39.8 Å². The normalized spacial score (nSPS) is 15.0. The smallest absolute Gasteiger partial charge is 0.138 e. The molecule has 5 rings (SSSR count). The van der Waals surface area contributed by atoms with Crippen molar-refractivity contribution in [1.82, 2.24) is 9.97 Å². The van der Waals surface area contributed by atoms with Crippen LogP contribution in [0.15, 0.2) is 60.7 Å². The summed E-state index contributed by atoms with van der Waals surface area (Å²) in [5.74, 6) is 0.912. The first kappa shape index (κ1) is 21.4. The van der Waals surface area contributed by atoms with Crippen molar-refractivity contribution in [3.05, 3.63) is 71.8 Å². The van der Waals surface area contributed by atoms with E-state index in [0.717, 1.165) is 48.4 Å². The van der Waals surface area contributed by atoms with Gasteiger partial charge in [-0.3, -0.25) is 0 Å². The predicted octanol–water partition coefficient (Wildman–Crippen LogP) is 6.73. The van der Waals surface area contributed by atoms with E-state index in [4.69, 9.17) is 4.98 Å². The summed E-state index contributed by atoms with van der Waals surface area (Å²) >= 11 is 0. The largest absolute Gasteiger partial charge is 0.371 e. The maximum absolute atomic E-state index is 4.81. The maximum atomic E-state index is 4.81. The first-order chi connectivity index (χ1) is 16.1. The first-order valence-corrected chi connectivity index (χ1v) is 12.0. The lowest BCUT2D eigenvalue weighted by atomic mass is 10.1. The highest BCUT2D eigenvalue weighted by atomic mass is 15.3. The molecule has 1 aliphatic rings. The first-order valence-electron chi connectivity index (χ1n) is 12.0. The summed E-state index contributed by atoms with van der Waals surface area (Å²) in [4.78, 5) is 13.2. The average molecular weight is 440 g/mol. The van der Waals surface area contributed by atoms with Gasteiger partial charge in [0.05, 0.1) is 22.4 Å². The van der Waals surface area contributed by atoms with E-state index < -0.39 is 0 Å². The Kier molecular flexibility index (Phi) is 5.71. The molecule has 0 saturated heterocycles. The number of anilines is 3. The minimum Gasteiger partial charge on any atom is -0.371 e. The molecule has 0 spiro atoms. The zero-order valence-electron chi connectivity index (χ0n) is 20.0. The van der Waals surface area contributed by atoms with E-state index in [9.17, 15) is 0 Å². The van der Waals surface area contributed by atoms with Crippen LogP contribution in [0.4, 0.5) is 17.1 Å². The van der Waals surface area contributed by atoms with Gasteiger partial charge in [-0.25, -0.2) is 4.98 Å². The van der Waals surface area contributed by atoms with E-state index in [1.807, 2.05) is 0 Å². The van der Waals surface area contributed by atoms with Gasteiger partial charge in [0.1, 0.15) is 12.0 Å². The Labute approximate surface area is 196 Å². The average Bonchev–Trinajstić information content (AvgIpc) is 3.40. The van der Waals surface area contributed by atoms with Crippen molar-refractivity contribution in [1.29, 1.82) is 0 Å². The number of rotatable bonds is 7. The van der Waals surface area contributed by atoms with Crippen LogP contribution in [0.1, 0.15) is 44.0 Å². The van der Waals surface area contributed by atoms with Gasteiger partial charge >= 0.3 is 0 Å². The zero-order valence-corrected chi connectivity index (χ0v) is 20.0. The fourth-order valence-corrected chi connectivity index (χ4v) is 4.78. The highest BCUT2D eigenvalue weighted by molar-refractivity contribution is 5.83. The van der Waals surface area contributed by atoms with Crippen molar-refractivity contribution in [3.63, 3.8) is 0 Å². The summed E-state index contributed by atoms with van der Waals surface area (Å²) in [6.07, 6.45) is 2.40. The number of aromatic amines is 1. The number of H-pyrrole nitrogens is 1. The molecule has 5 heteroatoms. The van der Waals surface area contributed by atoms with Gasteiger partial charge in [-0.15, -0.1) is 0 Å². The van der Waals surface area contributed by atoms with Crippen LogP contribution in [0.5, 0.6) is 0 Å². The fourth-order valence-electron chi connectivity index (χ4n) is 4.78. The van der Waals surface area contributed by atoms with Gasteiger partial charge in [0, 0.05) is 31.4 Å². The maximum Gasteiger partial charge on any atom is 0.138 e. The summed E-state index contributed by atoms with van der Waals surface area (Å²) in [5, 5.41) is 3.71. The van der Waals surface area contributed by atoms with Crippen molar-refractivity contribution in [3.8, 4) is 11.4 Å². The topological polar surface area (TPSA) is 47.2 Å². The predicted molar refractivity (Wildman–Crippen MR) is 140 cm³/mol. The van der Waals surface area contributed by atoms with E-state index in [-0.39, 0.29) is 6.17 Å². The number of benzene rings is 3. The van der Waals surface area contributed by atoms with Gasteiger partial charge in [-0.1, -0.05) is 49.7 Å². The molecule has 2 heterocycles. The lowest BCUT2D eigenvalue weighted by molar-refractivity contribution is 0.744. The number of nitrogens with zero attached hydrogens (tertiary/aromatic N) is 3. The minimum absolute atomic E-state index is 0.0941. The van der Waals surface area contributed by atoms with Gasteiger partial charge in [0.15, 0.2) is 0 Å². The lowest BCUT2D eigenvalue weighted by Gasteiger charge is -2.26. The zero-order chi connectivity index (χ0) is 22.9. The molecule has 4 aromatic rings. The molecular weight excluding hydrogens is 406 g/mol. The second-order valence-electron chi connectivity index (χ2n) is 9.07. The second-order valence-corrected chi connectivity index (χ2v) is 9.07. The quantitative estimate of drug-likeness (QED) is 0.335. The van der Waals surface area contributed by atoms with E-state index >= 15 is 0 Å².